The highest BCUT2D eigenvalue weighted by molar-refractivity contribution is 6.15. The lowest BCUT2D eigenvalue weighted by Gasteiger charge is -2.26. The summed E-state index contributed by atoms with van der Waals surface area (Å²) in [6.07, 6.45) is 0. The highest BCUT2D eigenvalue weighted by atomic mass is 16.2. The SMILES string of the molecule is Cc1c(C(=O)N(Nc2ccccc2)c2ccccc2)c2ccccc2c(=O)n1-c1ccccc1. The maximum absolute atomic E-state index is 14.2. The Kier molecular flexibility index (Phi) is 5.67. The quantitative estimate of drug-likeness (QED) is 0.339. The van der Waals surface area contributed by atoms with Crippen LogP contribution in [0.25, 0.3) is 16.5 Å². The van der Waals surface area contributed by atoms with E-state index in [1.54, 1.807) is 10.6 Å². The first-order chi connectivity index (χ1) is 16.6. The lowest BCUT2D eigenvalue weighted by atomic mass is 10.0. The van der Waals surface area contributed by atoms with Crippen LogP contribution in [0.4, 0.5) is 11.4 Å². The third-order valence-corrected chi connectivity index (χ3v) is 5.79. The molecule has 1 N–H and O–H groups in total. The first-order valence-electron chi connectivity index (χ1n) is 11.1. The van der Waals surface area contributed by atoms with Crippen LogP contribution in [0.1, 0.15) is 16.1 Å². The van der Waals surface area contributed by atoms with Crippen LogP contribution >= 0.6 is 0 Å². The van der Waals surface area contributed by atoms with Gasteiger partial charge >= 0.3 is 0 Å². The molecule has 0 aliphatic rings. The minimum absolute atomic E-state index is 0.155. The zero-order valence-corrected chi connectivity index (χ0v) is 18.7. The zero-order chi connectivity index (χ0) is 23.5. The molecule has 1 amide bonds. The van der Waals surface area contributed by atoms with Gasteiger partial charge in [0.05, 0.1) is 16.9 Å². The molecule has 0 fully saturated rings. The van der Waals surface area contributed by atoms with Crippen molar-refractivity contribution in [1.29, 1.82) is 0 Å². The predicted octanol–water partition coefficient (Wildman–Crippen LogP) is 5.97. The number of rotatable bonds is 5. The summed E-state index contributed by atoms with van der Waals surface area (Å²) in [5.74, 6) is -0.256. The van der Waals surface area contributed by atoms with Crippen LogP contribution in [-0.4, -0.2) is 10.5 Å². The van der Waals surface area contributed by atoms with Crippen LogP contribution in [0.3, 0.4) is 0 Å². The number of nitrogens with one attached hydrogen (secondary N) is 1. The van der Waals surface area contributed by atoms with Crippen LogP contribution in [0.15, 0.2) is 120 Å². The normalized spacial score (nSPS) is 10.7. The molecule has 166 valence electrons. The molecule has 0 aliphatic carbocycles. The Balaban J connectivity index is 1.75. The fourth-order valence-electron chi connectivity index (χ4n) is 4.19. The van der Waals surface area contributed by atoms with Gasteiger partial charge in [0.15, 0.2) is 0 Å². The van der Waals surface area contributed by atoms with Crippen molar-refractivity contribution in [2.75, 3.05) is 10.4 Å². The number of para-hydroxylation sites is 3. The minimum atomic E-state index is -0.256. The van der Waals surface area contributed by atoms with E-state index in [0.29, 0.717) is 33.4 Å². The van der Waals surface area contributed by atoms with E-state index in [4.69, 9.17) is 0 Å². The molecular formula is C29H23N3O2. The van der Waals surface area contributed by atoms with Crippen LogP contribution in [0.5, 0.6) is 0 Å². The van der Waals surface area contributed by atoms with Crippen molar-refractivity contribution in [2.24, 2.45) is 0 Å². The van der Waals surface area contributed by atoms with Crippen LogP contribution in [-0.2, 0) is 0 Å². The summed E-state index contributed by atoms with van der Waals surface area (Å²) in [5, 5.41) is 2.65. The van der Waals surface area contributed by atoms with Crippen molar-refractivity contribution in [2.45, 2.75) is 6.92 Å². The molecule has 1 heterocycles. The first kappa shape index (κ1) is 21.2. The summed E-state index contributed by atoms with van der Waals surface area (Å²) in [6, 6.07) is 35.6. The summed E-state index contributed by atoms with van der Waals surface area (Å²) < 4.78 is 1.61. The minimum Gasteiger partial charge on any atom is -0.291 e. The van der Waals surface area contributed by atoms with Gasteiger partial charge in [0, 0.05) is 22.2 Å². The Morgan fingerprint density at radius 2 is 1.24 bits per heavy atom. The van der Waals surface area contributed by atoms with Gasteiger partial charge in [-0.1, -0.05) is 72.8 Å². The molecule has 0 atom stereocenters. The van der Waals surface area contributed by atoms with Gasteiger partial charge in [-0.15, -0.1) is 0 Å². The Morgan fingerprint density at radius 3 is 1.88 bits per heavy atom. The Morgan fingerprint density at radius 1 is 0.706 bits per heavy atom. The maximum atomic E-state index is 14.2. The van der Waals surface area contributed by atoms with Crippen molar-refractivity contribution in [1.82, 2.24) is 4.57 Å². The number of hydrogen-bond acceptors (Lipinski definition) is 3. The van der Waals surface area contributed by atoms with Crippen molar-refractivity contribution >= 4 is 28.1 Å². The third kappa shape index (κ3) is 3.84. The van der Waals surface area contributed by atoms with Crippen LogP contribution in [0, 0.1) is 6.92 Å². The van der Waals surface area contributed by atoms with Crippen molar-refractivity contribution in [3.05, 3.63) is 137 Å². The number of carbonyl (C=O) groups excluding carboxylic acids is 1. The molecule has 0 radical (unpaired) electrons. The van der Waals surface area contributed by atoms with E-state index in [9.17, 15) is 9.59 Å². The first-order valence-corrected chi connectivity index (χ1v) is 11.1. The topological polar surface area (TPSA) is 54.3 Å². The smallest absolute Gasteiger partial charge is 0.279 e. The number of hydrazine groups is 1. The number of hydrogen-bond donors (Lipinski definition) is 1. The van der Waals surface area contributed by atoms with Crippen molar-refractivity contribution in [3.8, 4) is 5.69 Å². The number of pyridine rings is 1. The van der Waals surface area contributed by atoms with Gasteiger partial charge in [0.2, 0.25) is 0 Å². The average Bonchev–Trinajstić information content (AvgIpc) is 2.89. The summed E-state index contributed by atoms with van der Waals surface area (Å²) in [5.41, 5.74) is 6.33. The lowest BCUT2D eigenvalue weighted by molar-refractivity contribution is 0.0993. The number of amides is 1. The molecule has 5 heteroatoms. The van der Waals surface area contributed by atoms with Gasteiger partial charge in [0.1, 0.15) is 0 Å². The molecule has 5 rings (SSSR count). The second kappa shape index (κ2) is 9.08. The summed E-state index contributed by atoms with van der Waals surface area (Å²) in [4.78, 5) is 27.7. The number of benzene rings is 4. The Bertz CT molecular complexity index is 1510. The molecule has 0 aliphatic heterocycles. The number of nitrogens with zero attached hydrogens (tertiary/aromatic N) is 2. The van der Waals surface area contributed by atoms with Crippen molar-refractivity contribution in [3.63, 3.8) is 0 Å². The van der Waals surface area contributed by atoms with E-state index in [2.05, 4.69) is 5.43 Å². The predicted molar refractivity (Wildman–Crippen MR) is 138 cm³/mol. The van der Waals surface area contributed by atoms with Crippen LogP contribution in [0.2, 0.25) is 0 Å². The molecule has 34 heavy (non-hydrogen) atoms. The van der Waals surface area contributed by atoms with E-state index in [1.807, 2.05) is 116 Å². The largest absolute Gasteiger partial charge is 0.291 e. The molecule has 0 bridgehead atoms. The van der Waals surface area contributed by atoms with Gasteiger partial charge in [0.25, 0.3) is 11.5 Å². The number of anilines is 2. The van der Waals surface area contributed by atoms with Gasteiger partial charge < -0.3 is 0 Å². The number of carbonyl (C=O) groups is 1. The molecule has 0 unspecified atom stereocenters. The molecular weight excluding hydrogens is 422 g/mol. The zero-order valence-electron chi connectivity index (χ0n) is 18.7. The highest BCUT2D eigenvalue weighted by Gasteiger charge is 2.25. The molecule has 0 saturated carbocycles. The fraction of sp³-hybridized carbons (Fsp3) is 0.0345. The number of fused-ring (bicyclic) bond motifs is 1. The van der Waals surface area contributed by atoms with E-state index in [0.717, 1.165) is 5.69 Å². The molecule has 1 aromatic heterocycles. The van der Waals surface area contributed by atoms with Gasteiger partial charge in [-0.25, -0.2) is 5.01 Å². The fourth-order valence-corrected chi connectivity index (χ4v) is 4.19. The molecule has 0 saturated heterocycles. The van der Waals surface area contributed by atoms with Gasteiger partial charge in [-0.3, -0.25) is 19.6 Å². The Labute approximate surface area is 197 Å². The van der Waals surface area contributed by atoms with E-state index < -0.39 is 0 Å². The van der Waals surface area contributed by atoms with E-state index in [1.165, 1.54) is 5.01 Å². The highest BCUT2D eigenvalue weighted by Crippen LogP contribution is 2.26. The van der Waals surface area contributed by atoms with Gasteiger partial charge in [-0.05, 0) is 49.4 Å². The monoisotopic (exact) mass is 445 g/mol. The summed E-state index contributed by atoms with van der Waals surface area (Å²) in [6.45, 7) is 1.82. The summed E-state index contributed by atoms with van der Waals surface area (Å²) >= 11 is 0. The Hall–Kier alpha value is -4.64. The van der Waals surface area contributed by atoms with Gasteiger partial charge in [-0.2, -0.15) is 0 Å². The average molecular weight is 446 g/mol. The molecule has 5 nitrogen and oxygen atoms in total. The second-order valence-corrected chi connectivity index (χ2v) is 7.94. The molecule has 4 aromatic carbocycles. The van der Waals surface area contributed by atoms with Crippen molar-refractivity contribution < 1.29 is 4.79 Å². The lowest BCUT2D eigenvalue weighted by Crippen LogP contribution is -2.38. The second-order valence-electron chi connectivity index (χ2n) is 7.94. The maximum Gasteiger partial charge on any atom is 0.279 e. The summed E-state index contributed by atoms with van der Waals surface area (Å²) in [7, 11) is 0. The molecule has 5 aromatic rings. The molecule has 0 spiro atoms. The van der Waals surface area contributed by atoms with Crippen LogP contribution < -0.4 is 16.0 Å². The number of aromatic nitrogens is 1. The van der Waals surface area contributed by atoms with E-state index >= 15 is 0 Å². The van der Waals surface area contributed by atoms with E-state index in [-0.39, 0.29) is 11.5 Å². The third-order valence-electron chi connectivity index (χ3n) is 5.79. The standard InChI is InChI=1S/C29H23N3O2/c1-21-27(25-19-11-12-20-26(25)28(33)31(21)23-15-7-3-8-16-23)29(34)32(24-17-9-4-10-18-24)30-22-13-5-2-6-14-22/h2-20,30H,1H3.